The minimum atomic E-state index is 0.0155. The number of aryl methyl sites for hydroxylation is 2. The van der Waals surface area contributed by atoms with Crippen molar-refractivity contribution in [1.29, 1.82) is 0 Å². The SMILES string of the molecule is Cc1noc(C)c1CN1C[C@H]2C[C@@H](C1)N(C(=O)c1ccco1)C2. The maximum Gasteiger partial charge on any atom is 0.289 e. The molecule has 2 bridgehead atoms. The molecule has 0 aromatic carbocycles. The van der Waals surface area contributed by atoms with E-state index in [-0.39, 0.29) is 11.9 Å². The number of fused-ring (bicyclic) bond motifs is 2. The molecule has 2 fully saturated rings. The van der Waals surface area contributed by atoms with Crippen molar-refractivity contribution in [3.63, 3.8) is 0 Å². The maximum absolute atomic E-state index is 12.6. The van der Waals surface area contributed by atoms with Crippen LogP contribution in [0.3, 0.4) is 0 Å². The molecule has 0 unspecified atom stereocenters. The minimum Gasteiger partial charge on any atom is -0.459 e. The van der Waals surface area contributed by atoms with Crippen molar-refractivity contribution >= 4 is 5.91 Å². The third kappa shape index (κ3) is 2.57. The highest BCUT2D eigenvalue weighted by Gasteiger charge is 2.41. The highest BCUT2D eigenvalue weighted by molar-refractivity contribution is 5.91. The van der Waals surface area contributed by atoms with E-state index < -0.39 is 0 Å². The smallest absolute Gasteiger partial charge is 0.289 e. The van der Waals surface area contributed by atoms with Gasteiger partial charge in [0.05, 0.1) is 12.0 Å². The lowest BCUT2D eigenvalue weighted by Gasteiger charge is -2.32. The summed E-state index contributed by atoms with van der Waals surface area (Å²) in [6.45, 7) is 7.52. The molecule has 2 aromatic rings. The van der Waals surface area contributed by atoms with E-state index in [2.05, 4.69) is 10.1 Å². The van der Waals surface area contributed by atoms with Gasteiger partial charge in [0.25, 0.3) is 5.91 Å². The first-order valence-electron chi connectivity index (χ1n) is 8.10. The van der Waals surface area contributed by atoms with E-state index in [0.717, 1.165) is 44.1 Å². The first kappa shape index (κ1) is 14.5. The van der Waals surface area contributed by atoms with E-state index in [1.165, 1.54) is 5.56 Å². The summed E-state index contributed by atoms with van der Waals surface area (Å²) in [6.07, 6.45) is 2.64. The molecule has 0 radical (unpaired) electrons. The Morgan fingerprint density at radius 3 is 2.91 bits per heavy atom. The van der Waals surface area contributed by atoms with Crippen LogP contribution in [-0.2, 0) is 6.54 Å². The predicted molar refractivity (Wildman–Crippen MR) is 82.9 cm³/mol. The quantitative estimate of drug-likeness (QED) is 0.869. The molecule has 2 aliphatic heterocycles. The topological polar surface area (TPSA) is 62.7 Å². The molecule has 2 atom stereocenters. The number of piperidine rings is 1. The third-order valence-electron chi connectivity index (χ3n) is 5.04. The van der Waals surface area contributed by atoms with Crippen LogP contribution in [0.4, 0.5) is 0 Å². The van der Waals surface area contributed by atoms with Crippen LogP contribution in [0.5, 0.6) is 0 Å². The number of nitrogens with zero attached hydrogens (tertiary/aromatic N) is 3. The van der Waals surface area contributed by atoms with Crippen LogP contribution in [0.1, 0.15) is 34.0 Å². The van der Waals surface area contributed by atoms with Gasteiger partial charge in [0, 0.05) is 37.8 Å². The molecule has 0 saturated carbocycles. The van der Waals surface area contributed by atoms with Gasteiger partial charge in [0.1, 0.15) is 5.76 Å². The van der Waals surface area contributed by atoms with Crippen molar-refractivity contribution in [1.82, 2.24) is 15.0 Å². The molecule has 4 heterocycles. The minimum absolute atomic E-state index is 0.0155. The van der Waals surface area contributed by atoms with Crippen LogP contribution < -0.4 is 0 Å². The Morgan fingerprint density at radius 2 is 2.22 bits per heavy atom. The largest absolute Gasteiger partial charge is 0.459 e. The summed E-state index contributed by atoms with van der Waals surface area (Å²) in [4.78, 5) is 17.0. The fourth-order valence-corrected chi connectivity index (χ4v) is 3.93. The van der Waals surface area contributed by atoms with Gasteiger partial charge in [-0.3, -0.25) is 9.69 Å². The zero-order valence-corrected chi connectivity index (χ0v) is 13.5. The average molecular weight is 315 g/mol. The number of amides is 1. The van der Waals surface area contributed by atoms with Gasteiger partial charge in [-0.2, -0.15) is 0 Å². The molecule has 6 heteroatoms. The highest BCUT2D eigenvalue weighted by atomic mass is 16.5. The molecule has 2 saturated heterocycles. The summed E-state index contributed by atoms with van der Waals surface area (Å²) in [6, 6.07) is 3.78. The van der Waals surface area contributed by atoms with Gasteiger partial charge in [-0.05, 0) is 38.3 Å². The van der Waals surface area contributed by atoms with E-state index in [0.29, 0.717) is 11.7 Å². The van der Waals surface area contributed by atoms with E-state index in [1.54, 1.807) is 18.4 Å². The van der Waals surface area contributed by atoms with Crippen LogP contribution >= 0.6 is 0 Å². The molecule has 6 nitrogen and oxygen atoms in total. The monoisotopic (exact) mass is 315 g/mol. The third-order valence-corrected chi connectivity index (χ3v) is 5.04. The van der Waals surface area contributed by atoms with E-state index >= 15 is 0 Å². The van der Waals surface area contributed by atoms with Crippen molar-refractivity contribution in [2.24, 2.45) is 5.92 Å². The van der Waals surface area contributed by atoms with Gasteiger partial charge in [-0.25, -0.2) is 0 Å². The van der Waals surface area contributed by atoms with Gasteiger partial charge in [0.15, 0.2) is 5.76 Å². The molecule has 0 aliphatic carbocycles. The first-order valence-corrected chi connectivity index (χ1v) is 8.10. The fourth-order valence-electron chi connectivity index (χ4n) is 3.93. The van der Waals surface area contributed by atoms with Crippen LogP contribution in [0, 0.1) is 19.8 Å². The number of carbonyl (C=O) groups is 1. The summed E-state index contributed by atoms with van der Waals surface area (Å²) in [5, 5.41) is 4.03. The molecule has 2 aromatic heterocycles. The summed E-state index contributed by atoms with van der Waals surface area (Å²) >= 11 is 0. The van der Waals surface area contributed by atoms with Gasteiger partial charge in [-0.15, -0.1) is 0 Å². The Bertz CT molecular complexity index is 687. The standard InChI is InChI=1S/C17H21N3O3/c1-11-15(12(2)23-18-11)10-19-7-13-6-14(9-19)20(8-13)17(21)16-4-3-5-22-16/h3-5,13-14H,6-10H2,1-2H3/t13-,14+/m1/s1. The van der Waals surface area contributed by atoms with E-state index in [9.17, 15) is 4.79 Å². The maximum atomic E-state index is 12.6. The Kier molecular flexibility index (Phi) is 3.49. The van der Waals surface area contributed by atoms with Crippen molar-refractivity contribution in [2.75, 3.05) is 19.6 Å². The lowest BCUT2D eigenvalue weighted by atomic mass is 9.99. The summed E-state index contributed by atoms with van der Waals surface area (Å²) in [7, 11) is 0. The Balaban J connectivity index is 1.47. The Morgan fingerprint density at radius 1 is 1.35 bits per heavy atom. The van der Waals surface area contributed by atoms with Crippen molar-refractivity contribution < 1.29 is 13.7 Å². The van der Waals surface area contributed by atoms with Crippen molar-refractivity contribution in [3.8, 4) is 0 Å². The van der Waals surface area contributed by atoms with Gasteiger partial charge >= 0.3 is 0 Å². The predicted octanol–water partition coefficient (Wildman–Crippen LogP) is 2.23. The summed E-state index contributed by atoms with van der Waals surface area (Å²) in [5.41, 5.74) is 2.14. The number of likely N-dealkylation sites (tertiary alicyclic amines) is 2. The summed E-state index contributed by atoms with van der Waals surface area (Å²) in [5.74, 6) is 1.88. The van der Waals surface area contributed by atoms with Crippen LogP contribution in [0.2, 0.25) is 0 Å². The molecule has 0 spiro atoms. The number of carbonyl (C=O) groups excluding carboxylic acids is 1. The molecular weight excluding hydrogens is 294 g/mol. The molecule has 122 valence electrons. The fraction of sp³-hybridized carbons (Fsp3) is 0.529. The van der Waals surface area contributed by atoms with Crippen LogP contribution in [0.25, 0.3) is 0 Å². The number of rotatable bonds is 3. The van der Waals surface area contributed by atoms with Crippen molar-refractivity contribution in [2.45, 2.75) is 32.9 Å². The van der Waals surface area contributed by atoms with Crippen LogP contribution in [0.15, 0.2) is 27.3 Å². The first-order chi connectivity index (χ1) is 11.1. The van der Waals surface area contributed by atoms with Gasteiger partial charge in [0.2, 0.25) is 0 Å². The van der Waals surface area contributed by atoms with E-state index in [4.69, 9.17) is 8.94 Å². The molecular formula is C17H21N3O3. The zero-order valence-electron chi connectivity index (χ0n) is 13.5. The van der Waals surface area contributed by atoms with Crippen molar-refractivity contribution in [3.05, 3.63) is 41.2 Å². The molecule has 0 N–H and O–H groups in total. The molecule has 23 heavy (non-hydrogen) atoms. The van der Waals surface area contributed by atoms with Gasteiger partial charge in [-0.1, -0.05) is 5.16 Å². The Labute approximate surface area is 135 Å². The number of furan rings is 1. The molecule has 2 aliphatic rings. The summed E-state index contributed by atoms with van der Waals surface area (Å²) < 4.78 is 10.5. The Hall–Kier alpha value is -2.08. The average Bonchev–Trinajstić information content (AvgIpc) is 3.23. The van der Waals surface area contributed by atoms with Gasteiger partial charge < -0.3 is 13.8 Å². The lowest BCUT2D eigenvalue weighted by molar-refractivity contribution is 0.0680. The second-order valence-corrected chi connectivity index (χ2v) is 6.69. The highest BCUT2D eigenvalue weighted by Crippen LogP contribution is 2.32. The number of hydrogen-bond donors (Lipinski definition) is 0. The zero-order chi connectivity index (χ0) is 16.0. The molecule has 4 rings (SSSR count). The van der Waals surface area contributed by atoms with Crippen LogP contribution in [-0.4, -0.2) is 46.5 Å². The second-order valence-electron chi connectivity index (χ2n) is 6.69. The van der Waals surface area contributed by atoms with E-state index in [1.807, 2.05) is 18.7 Å². The number of hydrogen-bond acceptors (Lipinski definition) is 5. The molecule has 1 amide bonds. The normalized spacial score (nSPS) is 24.3. The lowest BCUT2D eigenvalue weighted by Crippen LogP contribution is -2.43. The second kappa shape index (κ2) is 5.53. The number of aromatic nitrogens is 1.